The van der Waals surface area contributed by atoms with Gasteiger partial charge in [0.05, 0.1) is 6.61 Å². The Kier molecular flexibility index (Phi) is 5.43. The molecule has 110 valence electrons. The summed E-state index contributed by atoms with van der Waals surface area (Å²) >= 11 is 0. The van der Waals surface area contributed by atoms with E-state index in [1.54, 1.807) is 18.3 Å². The van der Waals surface area contributed by atoms with Crippen molar-refractivity contribution in [2.24, 2.45) is 5.73 Å². The van der Waals surface area contributed by atoms with Gasteiger partial charge >= 0.3 is 0 Å². The van der Waals surface area contributed by atoms with Crippen molar-refractivity contribution in [2.75, 3.05) is 13.2 Å². The van der Waals surface area contributed by atoms with E-state index in [4.69, 9.17) is 5.73 Å². The van der Waals surface area contributed by atoms with Gasteiger partial charge < -0.3 is 10.8 Å². The van der Waals surface area contributed by atoms with Gasteiger partial charge in [0.25, 0.3) is 0 Å². The number of carbonyl (C=O) groups is 1. The van der Waals surface area contributed by atoms with E-state index >= 15 is 0 Å². The van der Waals surface area contributed by atoms with Crippen molar-refractivity contribution >= 4 is 5.91 Å². The molecule has 0 aliphatic heterocycles. The standard InChI is InChI=1S/C16H19N3O2/c17-16(21)15-5-3-13(4-6-15)11-19(8-9-20)12-14-2-1-7-18-10-14/h1-7,10,20H,8-9,11-12H2,(H2,17,21). The number of aromatic nitrogens is 1. The highest BCUT2D eigenvalue weighted by Crippen LogP contribution is 2.10. The first kappa shape index (κ1) is 15.2. The molecular weight excluding hydrogens is 266 g/mol. The lowest BCUT2D eigenvalue weighted by Crippen LogP contribution is -2.26. The van der Waals surface area contributed by atoms with Crippen LogP contribution >= 0.6 is 0 Å². The molecule has 1 amide bonds. The molecule has 1 heterocycles. The Labute approximate surface area is 124 Å². The zero-order valence-corrected chi connectivity index (χ0v) is 11.8. The van der Waals surface area contributed by atoms with Gasteiger partial charge in [-0.15, -0.1) is 0 Å². The second-order valence-corrected chi connectivity index (χ2v) is 4.86. The molecule has 21 heavy (non-hydrogen) atoms. The molecule has 0 radical (unpaired) electrons. The summed E-state index contributed by atoms with van der Waals surface area (Å²) in [7, 11) is 0. The lowest BCUT2D eigenvalue weighted by atomic mass is 10.1. The van der Waals surface area contributed by atoms with Gasteiger partial charge in [0.2, 0.25) is 5.91 Å². The van der Waals surface area contributed by atoms with E-state index in [0.29, 0.717) is 25.2 Å². The van der Waals surface area contributed by atoms with Crippen molar-refractivity contribution in [3.8, 4) is 0 Å². The van der Waals surface area contributed by atoms with Crippen LogP contribution in [-0.2, 0) is 13.1 Å². The van der Waals surface area contributed by atoms with Gasteiger partial charge in [-0.25, -0.2) is 0 Å². The third-order valence-electron chi connectivity index (χ3n) is 3.19. The molecule has 0 aliphatic rings. The van der Waals surface area contributed by atoms with Crippen molar-refractivity contribution in [3.05, 3.63) is 65.5 Å². The fourth-order valence-corrected chi connectivity index (χ4v) is 2.14. The minimum Gasteiger partial charge on any atom is -0.395 e. The lowest BCUT2D eigenvalue weighted by molar-refractivity contribution is 0.100. The van der Waals surface area contributed by atoms with Crippen LogP contribution < -0.4 is 5.73 Å². The van der Waals surface area contributed by atoms with Crippen molar-refractivity contribution in [2.45, 2.75) is 13.1 Å². The van der Waals surface area contributed by atoms with E-state index in [-0.39, 0.29) is 6.61 Å². The monoisotopic (exact) mass is 285 g/mol. The number of benzene rings is 1. The predicted octanol–water partition coefficient (Wildman–Crippen LogP) is 1.17. The zero-order chi connectivity index (χ0) is 15.1. The molecule has 1 aromatic carbocycles. The van der Waals surface area contributed by atoms with Crippen LogP contribution in [0.1, 0.15) is 21.5 Å². The van der Waals surface area contributed by atoms with Crippen LogP contribution in [-0.4, -0.2) is 34.0 Å². The second kappa shape index (κ2) is 7.52. The fraction of sp³-hybridized carbons (Fsp3) is 0.250. The van der Waals surface area contributed by atoms with Crippen LogP contribution in [0.25, 0.3) is 0 Å². The first-order valence-corrected chi connectivity index (χ1v) is 6.80. The summed E-state index contributed by atoms with van der Waals surface area (Å²) in [5.74, 6) is -0.427. The molecule has 0 atom stereocenters. The molecule has 0 saturated carbocycles. The number of primary amides is 1. The Morgan fingerprint density at radius 2 is 1.86 bits per heavy atom. The number of aliphatic hydroxyl groups is 1. The fourth-order valence-electron chi connectivity index (χ4n) is 2.14. The van der Waals surface area contributed by atoms with Gasteiger partial charge in [0.1, 0.15) is 0 Å². The molecule has 0 spiro atoms. The van der Waals surface area contributed by atoms with Crippen LogP contribution in [0.4, 0.5) is 0 Å². The van der Waals surface area contributed by atoms with Crippen molar-refractivity contribution < 1.29 is 9.90 Å². The van der Waals surface area contributed by atoms with Crippen LogP contribution in [0, 0.1) is 0 Å². The summed E-state index contributed by atoms with van der Waals surface area (Å²) < 4.78 is 0. The van der Waals surface area contributed by atoms with E-state index in [0.717, 1.165) is 11.1 Å². The highest BCUT2D eigenvalue weighted by molar-refractivity contribution is 5.92. The lowest BCUT2D eigenvalue weighted by Gasteiger charge is -2.21. The van der Waals surface area contributed by atoms with E-state index < -0.39 is 5.91 Å². The molecule has 3 N–H and O–H groups in total. The molecule has 0 bridgehead atoms. The van der Waals surface area contributed by atoms with Gasteiger partial charge in [-0.2, -0.15) is 0 Å². The van der Waals surface area contributed by atoms with Gasteiger partial charge in [-0.1, -0.05) is 18.2 Å². The first-order valence-electron chi connectivity index (χ1n) is 6.80. The number of carbonyl (C=O) groups excluding carboxylic acids is 1. The molecule has 2 rings (SSSR count). The molecule has 0 unspecified atom stereocenters. The molecule has 5 nitrogen and oxygen atoms in total. The van der Waals surface area contributed by atoms with E-state index in [1.807, 2.05) is 30.5 Å². The number of nitrogens with zero attached hydrogens (tertiary/aromatic N) is 2. The smallest absolute Gasteiger partial charge is 0.248 e. The normalized spacial score (nSPS) is 10.8. The topological polar surface area (TPSA) is 79.5 Å². The average molecular weight is 285 g/mol. The minimum atomic E-state index is -0.427. The van der Waals surface area contributed by atoms with Crippen LogP contribution in [0.2, 0.25) is 0 Å². The molecule has 5 heteroatoms. The Balaban J connectivity index is 2.03. The summed E-state index contributed by atoms with van der Waals surface area (Å²) in [6.07, 6.45) is 3.56. The first-order chi connectivity index (χ1) is 10.2. The van der Waals surface area contributed by atoms with E-state index in [2.05, 4.69) is 9.88 Å². The summed E-state index contributed by atoms with van der Waals surface area (Å²) in [5, 5.41) is 9.19. The number of hydrogen-bond acceptors (Lipinski definition) is 4. The molecule has 1 aromatic heterocycles. The summed E-state index contributed by atoms with van der Waals surface area (Å²) in [4.78, 5) is 17.3. The quantitative estimate of drug-likeness (QED) is 0.800. The summed E-state index contributed by atoms with van der Waals surface area (Å²) in [6.45, 7) is 2.08. The van der Waals surface area contributed by atoms with Crippen molar-refractivity contribution in [3.63, 3.8) is 0 Å². The van der Waals surface area contributed by atoms with E-state index in [1.165, 1.54) is 0 Å². The Morgan fingerprint density at radius 3 is 2.43 bits per heavy atom. The number of aliphatic hydroxyl groups excluding tert-OH is 1. The molecule has 0 aliphatic carbocycles. The minimum absolute atomic E-state index is 0.0969. The van der Waals surface area contributed by atoms with Gasteiger partial charge in [-0.05, 0) is 29.3 Å². The number of amides is 1. The number of rotatable bonds is 7. The maximum atomic E-state index is 11.0. The molecule has 2 aromatic rings. The van der Waals surface area contributed by atoms with Crippen molar-refractivity contribution in [1.29, 1.82) is 0 Å². The van der Waals surface area contributed by atoms with Crippen LogP contribution in [0.15, 0.2) is 48.8 Å². The maximum absolute atomic E-state index is 11.0. The summed E-state index contributed by atoms with van der Waals surface area (Å²) in [5.41, 5.74) is 7.89. The Morgan fingerprint density at radius 1 is 1.14 bits per heavy atom. The second-order valence-electron chi connectivity index (χ2n) is 4.86. The molecule has 0 saturated heterocycles. The Hall–Kier alpha value is -2.24. The number of hydrogen-bond donors (Lipinski definition) is 2. The van der Waals surface area contributed by atoms with Crippen LogP contribution in [0.3, 0.4) is 0 Å². The van der Waals surface area contributed by atoms with E-state index in [9.17, 15) is 9.90 Å². The highest BCUT2D eigenvalue weighted by atomic mass is 16.3. The highest BCUT2D eigenvalue weighted by Gasteiger charge is 2.07. The van der Waals surface area contributed by atoms with Crippen molar-refractivity contribution in [1.82, 2.24) is 9.88 Å². The molecular formula is C16H19N3O2. The Bertz CT molecular complexity index is 570. The number of pyridine rings is 1. The van der Waals surface area contributed by atoms with Gasteiger partial charge in [0, 0.05) is 37.6 Å². The maximum Gasteiger partial charge on any atom is 0.248 e. The van der Waals surface area contributed by atoms with Gasteiger partial charge in [0.15, 0.2) is 0 Å². The van der Waals surface area contributed by atoms with Gasteiger partial charge in [-0.3, -0.25) is 14.7 Å². The summed E-state index contributed by atoms with van der Waals surface area (Å²) in [6, 6.07) is 11.1. The van der Waals surface area contributed by atoms with Crippen LogP contribution in [0.5, 0.6) is 0 Å². The zero-order valence-electron chi connectivity index (χ0n) is 11.8. The third-order valence-corrected chi connectivity index (χ3v) is 3.19. The predicted molar refractivity (Wildman–Crippen MR) is 80.4 cm³/mol. The SMILES string of the molecule is NC(=O)c1ccc(CN(CCO)Cc2cccnc2)cc1. The number of nitrogens with two attached hydrogens (primary N) is 1. The largest absolute Gasteiger partial charge is 0.395 e. The molecule has 0 fully saturated rings. The average Bonchev–Trinajstić information content (AvgIpc) is 2.49. The third kappa shape index (κ3) is 4.66.